The van der Waals surface area contributed by atoms with Crippen LogP contribution in [0.25, 0.3) is 22.3 Å². The van der Waals surface area contributed by atoms with Crippen LogP contribution in [-0.4, -0.2) is 29.7 Å². The van der Waals surface area contributed by atoms with Gasteiger partial charge in [0.2, 0.25) is 0 Å². The molecule has 6 nitrogen and oxygen atoms in total. The van der Waals surface area contributed by atoms with Crippen LogP contribution in [0.2, 0.25) is 5.02 Å². The van der Waals surface area contributed by atoms with Gasteiger partial charge in [0.25, 0.3) is 0 Å². The number of nitriles is 1. The predicted molar refractivity (Wildman–Crippen MR) is 107 cm³/mol. The highest BCUT2D eigenvalue weighted by atomic mass is 35.5. The number of hydrogen-bond donors (Lipinski definition) is 2. The number of nitrogens with one attached hydrogen (secondary N) is 2. The maximum Gasteiger partial charge on any atom is 0.183 e. The standard InChI is InChI=1S/C18H18ClN5OS/c1-10(2)22-18-24-14(9-26-18)13-8-15(25-3)11-4-5-12(21-7-6-20)16(19)17(11)23-13/h4-5,8-10,21H,7H2,1-3H3,(H,22,24). The fraction of sp³-hybridized carbons (Fsp3) is 0.278. The van der Waals surface area contributed by atoms with Crippen molar-refractivity contribution in [3.63, 3.8) is 0 Å². The molecule has 0 spiro atoms. The van der Waals surface area contributed by atoms with Crippen LogP contribution in [0.4, 0.5) is 10.8 Å². The van der Waals surface area contributed by atoms with E-state index in [0.29, 0.717) is 33.7 Å². The summed E-state index contributed by atoms with van der Waals surface area (Å²) >= 11 is 8.05. The van der Waals surface area contributed by atoms with Crippen molar-refractivity contribution in [1.82, 2.24) is 9.97 Å². The van der Waals surface area contributed by atoms with Gasteiger partial charge in [-0.3, -0.25) is 0 Å². The molecule has 8 heteroatoms. The van der Waals surface area contributed by atoms with Gasteiger partial charge in [-0.1, -0.05) is 11.6 Å². The van der Waals surface area contributed by atoms with Crippen LogP contribution in [-0.2, 0) is 0 Å². The summed E-state index contributed by atoms with van der Waals surface area (Å²) in [5, 5.41) is 19.1. The minimum atomic E-state index is 0.165. The van der Waals surface area contributed by atoms with Crippen molar-refractivity contribution < 1.29 is 4.74 Å². The van der Waals surface area contributed by atoms with Crippen LogP contribution in [0.5, 0.6) is 5.75 Å². The SMILES string of the molecule is COc1cc(-c2csc(NC(C)C)n2)nc2c(Cl)c(NCC#N)ccc12. The molecule has 0 unspecified atom stereocenters. The van der Waals surface area contributed by atoms with Crippen LogP contribution < -0.4 is 15.4 Å². The molecular formula is C18H18ClN5OS. The molecule has 3 aromatic rings. The lowest BCUT2D eigenvalue weighted by molar-refractivity contribution is 0.419. The van der Waals surface area contributed by atoms with Crippen molar-refractivity contribution in [2.24, 2.45) is 0 Å². The Morgan fingerprint density at radius 3 is 2.81 bits per heavy atom. The van der Waals surface area contributed by atoms with Crippen molar-refractivity contribution in [3.8, 4) is 23.2 Å². The Balaban J connectivity index is 2.10. The zero-order valence-electron chi connectivity index (χ0n) is 14.6. The number of methoxy groups -OCH3 is 1. The number of fused-ring (bicyclic) bond motifs is 1. The summed E-state index contributed by atoms with van der Waals surface area (Å²) in [5.41, 5.74) is 2.70. The lowest BCUT2D eigenvalue weighted by Gasteiger charge is -2.12. The molecule has 26 heavy (non-hydrogen) atoms. The van der Waals surface area contributed by atoms with Gasteiger partial charge in [0.15, 0.2) is 5.13 Å². The van der Waals surface area contributed by atoms with E-state index in [2.05, 4.69) is 29.5 Å². The Morgan fingerprint density at radius 2 is 2.12 bits per heavy atom. The van der Waals surface area contributed by atoms with Gasteiger partial charge >= 0.3 is 0 Å². The fourth-order valence-electron chi connectivity index (χ4n) is 2.50. The zero-order valence-corrected chi connectivity index (χ0v) is 16.2. The molecule has 1 aromatic carbocycles. The van der Waals surface area contributed by atoms with Gasteiger partial charge in [-0.25, -0.2) is 9.97 Å². The minimum absolute atomic E-state index is 0.165. The summed E-state index contributed by atoms with van der Waals surface area (Å²) in [5.74, 6) is 0.671. The van der Waals surface area contributed by atoms with E-state index in [1.165, 1.54) is 11.3 Å². The first kappa shape index (κ1) is 18.2. The highest BCUT2D eigenvalue weighted by Gasteiger charge is 2.15. The van der Waals surface area contributed by atoms with E-state index in [9.17, 15) is 0 Å². The van der Waals surface area contributed by atoms with E-state index in [4.69, 9.17) is 26.6 Å². The normalized spacial score (nSPS) is 10.8. The van der Waals surface area contributed by atoms with Crippen molar-refractivity contribution in [1.29, 1.82) is 5.26 Å². The molecule has 0 atom stereocenters. The topological polar surface area (TPSA) is 82.9 Å². The summed E-state index contributed by atoms with van der Waals surface area (Å²) < 4.78 is 5.53. The Morgan fingerprint density at radius 1 is 1.31 bits per heavy atom. The molecule has 0 saturated carbocycles. The summed E-state index contributed by atoms with van der Waals surface area (Å²) in [6, 6.07) is 7.89. The molecule has 2 N–H and O–H groups in total. The van der Waals surface area contributed by atoms with Gasteiger partial charge in [-0.15, -0.1) is 11.3 Å². The number of benzene rings is 1. The van der Waals surface area contributed by atoms with Crippen molar-refractivity contribution >= 4 is 44.7 Å². The lowest BCUT2D eigenvalue weighted by Crippen LogP contribution is -2.09. The first-order valence-electron chi connectivity index (χ1n) is 8.04. The van der Waals surface area contributed by atoms with Crippen molar-refractivity contribution in [2.75, 3.05) is 24.3 Å². The van der Waals surface area contributed by atoms with Crippen LogP contribution in [0.1, 0.15) is 13.8 Å². The smallest absolute Gasteiger partial charge is 0.183 e. The lowest BCUT2D eigenvalue weighted by atomic mass is 10.1. The third-order valence-electron chi connectivity index (χ3n) is 3.64. The monoisotopic (exact) mass is 387 g/mol. The third-order valence-corrected chi connectivity index (χ3v) is 4.79. The van der Waals surface area contributed by atoms with Gasteiger partial charge in [-0.05, 0) is 26.0 Å². The Kier molecular flexibility index (Phi) is 5.45. The number of ether oxygens (including phenoxy) is 1. The number of pyridine rings is 1. The Bertz CT molecular complexity index is 980. The molecule has 134 valence electrons. The van der Waals surface area contributed by atoms with Crippen LogP contribution in [0.15, 0.2) is 23.6 Å². The molecule has 0 aliphatic carbocycles. The van der Waals surface area contributed by atoms with Gasteiger partial charge in [0, 0.05) is 22.9 Å². The highest BCUT2D eigenvalue weighted by Crippen LogP contribution is 2.37. The fourth-order valence-corrected chi connectivity index (χ4v) is 3.63. The largest absolute Gasteiger partial charge is 0.496 e. The summed E-state index contributed by atoms with van der Waals surface area (Å²) in [4.78, 5) is 9.29. The zero-order chi connectivity index (χ0) is 18.7. The van der Waals surface area contributed by atoms with Gasteiger partial charge < -0.3 is 15.4 Å². The van der Waals surface area contributed by atoms with E-state index in [1.807, 2.05) is 29.6 Å². The molecule has 0 aliphatic heterocycles. The average Bonchev–Trinajstić information content (AvgIpc) is 3.08. The molecule has 0 amide bonds. The van der Waals surface area contributed by atoms with Crippen molar-refractivity contribution in [3.05, 3.63) is 28.6 Å². The molecule has 2 heterocycles. The number of thiazole rings is 1. The number of rotatable bonds is 6. The van der Waals surface area contributed by atoms with E-state index >= 15 is 0 Å². The molecule has 0 aliphatic rings. The third kappa shape index (κ3) is 3.66. The van der Waals surface area contributed by atoms with Crippen LogP contribution >= 0.6 is 22.9 Å². The van der Waals surface area contributed by atoms with Crippen LogP contribution in [0.3, 0.4) is 0 Å². The summed E-state index contributed by atoms with van der Waals surface area (Å²) in [6.07, 6.45) is 0. The van der Waals surface area contributed by atoms with E-state index in [-0.39, 0.29) is 6.54 Å². The maximum atomic E-state index is 8.77. The number of halogens is 1. The molecule has 0 radical (unpaired) electrons. The second-order valence-electron chi connectivity index (χ2n) is 5.88. The highest BCUT2D eigenvalue weighted by molar-refractivity contribution is 7.14. The van der Waals surface area contributed by atoms with Gasteiger partial charge in [-0.2, -0.15) is 5.26 Å². The predicted octanol–water partition coefficient (Wildman–Crippen LogP) is 4.78. The van der Waals surface area contributed by atoms with Gasteiger partial charge in [0.1, 0.15) is 18.0 Å². The first-order valence-corrected chi connectivity index (χ1v) is 9.29. The Hall–Kier alpha value is -2.56. The second kappa shape index (κ2) is 7.77. The summed E-state index contributed by atoms with van der Waals surface area (Å²) in [7, 11) is 1.61. The molecule has 0 saturated heterocycles. The first-order chi connectivity index (χ1) is 12.5. The number of anilines is 2. The second-order valence-corrected chi connectivity index (χ2v) is 7.12. The number of hydrogen-bond acceptors (Lipinski definition) is 7. The van der Waals surface area contributed by atoms with E-state index in [0.717, 1.165) is 16.2 Å². The number of nitrogens with zero attached hydrogens (tertiary/aromatic N) is 3. The maximum absolute atomic E-state index is 8.77. The molecule has 3 rings (SSSR count). The summed E-state index contributed by atoms with van der Waals surface area (Å²) in [6.45, 7) is 4.29. The molecule has 0 fully saturated rings. The quantitative estimate of drug-likeness (QED) is 0.592. The Labute approximate surface area is 160 Å². The van der Waals surface area contributed by atoms with E-state index in [1.54, 1.807) is 7.11 Å². The van der Waals surface area contributed by atoms with Gasteiger partial charge in [0.05, 0.1) is 35.1 Å². The molecule has 0 bridgehead atoms. The minimum Gasteiger partial charge on any atom is -0.496 e. The molecule has 2 aromatic heterocycles. The average molecular weight is 388 g/mol. The van der Waals surface area contributed by atoms with Crippen molar-refractivity contribution in [2.45, 2.75) is 19.9 Å². The number of aromatic nitrogens is 2. The molecular weight excluding hydrogens is 370 g/mol. The van der Waals surface area contributed by atoms with E-state index < -0.39 is 0 Å². The van der Waals surface area contributed by atoms with Crippen LogP contribution in [0, 0.1) is 11.3 Å².